The first kappa shape index (κ1) is 15.3. The van der Waals surface area contributed by atoms with Gasteiger partial charge in [-0.2, -0.15) is 0 Å². The van der Waals surface area contributed by atoms with Crippen molar-refractivity contribution in [3.8, 4) is 0 Å². The average molecular weight is 277 g/mol. The second-order valence-electron chi connectivity index (χ2n) is 4.73. The van der Waals surface area contributed by atoms with Crippen LogP contribution in [0, 0.1) is 17.6 Å². The molecular formula is C13H19ClF2N2. The van der Waals surface area contributed by atoms with E-state index >= 15 is 0 Å². The van der Waals surface area contributed by atoms with E-state index in [1.807, 2.05) is 7.05 Å². The van der Waals surface area contributed by atoms with E-state index in [-0.39, 0.29) is 12.4 Å². The summed E-state index contributed by atoms with van der Waals surface area (Å²) >= 11 is 0. The zero-order valence-corrected chi connectivity index (χ0v) is 11.3. The van der Waals surface area contributed by atoms with E-state index < -0.39 is 11.6 Å². The fraction of sp³-hybridized carbons (Fsp3) is 0.538. The molecule has 1 atom stereocenters. The number of likely N-dealkylation sites (tertiary alicyclic amines) is 1. The molecular weight excluding hydrogens is 258 g/mol. The molecule has 0 aliphatic carbocycles. The Hall–Kier alpha value is -0.710. The number of nitrogens with zero attached hydrogens (tertiary/aromatic N) is 1. The summed E-state index contributed by atoms with van der Waals surface area (Å²) in [4.78, 5) is 2.25. The molecule has 1 unspecified atom stereocenters. The number of rotatable bonds is 4. The van der Waals surface area contributed by atoms with Gasteiger partial charge < -0.3 is 5.32 Å². The zero-order chi connectivity index (χ0) is 12.3. The Kier molecular flexibility index (Phi) is 5.99. The van der Waals surface area contributed by atoms with Gasteiger partial charge in [-0.3, -0.25) is 4.90 Å². The van der Waals surface area contributed by atoms with E-state index in [9.17, 15) is 8.78 Å². The first-order valence-electron chi connectivity index (χ1n) is 5.99. The van der Waals surface area contributed by atoms with E-state index in [1.165, 1.54) is 12.1 Å². The quantitative estimate of drug-likeness (QED) is 0.909. The van der Waals surface area contributed by atoms with Gasteiger partial charge in [-0.1, -0.05) is 0 Å². The molecule has 0 radical (unpaired) electrons. The molecule has 5 heteroatoms. The highest BCUT2D eigenvalue weighted by molar-refractivity contribution is 5.85. The number of benzene rings is 1. The molecule has 1 saturated heterocycles. The van der Waals surface area contributed by atoms with Crippen LogP contribution in [0.1, 0.15) is 12.0 Å². The molecule has 1 N–H and O–H groups in total. The minimum absolute atomic E-state index is 0. The first-order valence-corrected chi connectivity index (χ1v) is 5.99. The third-order valence-corrected chi connectivity index (χ3v) is 3.19. The van der Waals surface area contributed by atoms with E-state index in [0.29, 0.717) is 18.0 Å². The van der Waals surface area contributed by atoms with Crippen LogP contribution < -0.4 is 5.32 Å². The summed E-state index contributed by atoms with van der Waals surface area (Å²) in [5, 5.41) is 3.17. The first-order chi connectivity index (χ1) is 8.17. The van der Waals surface area contributed by atoms with Crippen LogP contribution in [0.2, 0.25) is 0 Å². The van der Waals surface area contributed by atoms with Gasteiger partial charge in [0.25, 0.3) is 0 Å². The summed E-state index contributed by atoms with van der Waals surface area (Å²) in [5.74, 6) is -0.338. The molecule has 102 valence electrons. The van der Waals surface area contributed by atoms with Crippen LogP contribution in [0.5, 0.6) is 0 Å². The second kappa shape index (κ2) is 7.02. The Labute approximate surface area is 113 Å². The number of hydrogen-bond acceptors (Lipinski definition) is 2. The van der Waals surface area contributed by atoms with Crippen molar-refractivity contribution in [3.05, 3.63) is 35.4 Å². The molecule has 1 heterocycles. The van der Waals surface area contributed by atoms with Crippen molar-refractivity contribution in [3.63, 3.8) is 0 Å². The second-order valence-corrected chi connectivity index (χ2v) is 4.73. The lowest BCUT2D eigenvalue weighted by Gasteiger charge is -2.16. The predicted octanol–water partition coefficient (Wildman–Crippen LogP) is 2.43. The lowest BCUT2D eigenvalue weighted by atomic mass is 10.1. The molecule has 0 saturated carbocycles. The van der Waals surface area contributed by atoms with Crippen molar-refractivity contribution >= 4 is 12.4 Å². The van der Waals surface area contributed by atoms with Gasteiger partial charge >= 0.3 is 0 Å². The zero-order valence-electron chi connectivity index (χ0n) is 10.5. The minimum atomic E-state index is -0.494. The molecule has 1 aromatic carbocycles. The molecule has 0 aromatic heterocycles. The summed E-state index contributed by atoms with van der Waals surface area (Å²) in [6.45, 7) is 3.65. The van der Waals surface area contributed by atoms with Gasteiger partial charge in [0, 0.05) is 19.2 Å². The van der Waals surface area contributed by atoms with Gasteiger partial charge in [-0.05, 0) is 50.2 Å². The fourth-order valence-electron chi connectivity index (χ4n) is 2.47. The molecule has 2 rings (SSSR count). The molecule has 1 fully saturated rings. The fourth-order valence-corrected chi connectivity index (χ4v) is 2.47. The van der Waals surface area contributed by atoms with E-state index in [4.69, 9.17) is 0 Å². The Morgan fingerprint density at radius 3 is 2.56 bits per heavy atom. The predicted molar refractivity (Wildman–Crippen MR) is 70.9 cm³/mol. The summed E-state index contributed by atoms with van der Waals surface area (Å²) in [7, 11) is 1.95. The SMILES string of the molecule is CNCC1CCN(Cc2cc(F)cc(F)c2)C1.Cl. The summed E-state index contributed by atoms with van der Waals surface area (Å²) in [6.07, 6.45) is 1.15. The van der Waals surface area contributed by atoms with Crippen molar-refractivity contribution in [2.75, 3.05) is 26.7 Å². The highest BCUT2D eigenvalue weighted by atomic mass is 35.5. The van der Waals surface area contributed by atoms with Gasteiger partial charge in [0.15, 0.2) is 0 Å². The Morgan fingerprint density at radius 2 is 1.94 bits per heavy atom. The van der Waals surface area contributed by atoms with Crippen LogP contribution in [-0.4, -0.2) is 31.6 Å². The highest BCUT2D eigenvalue weighted by Crippen LogP contribution is 2.19. The third-order valence-electron chi connectivity index (χ3n) is 3.19. The van der Waals surface area contributed by atoms with E-state index in [1.54, 1.807) is 0 Å². The summed E-state index contributed by atoms with van der Waals surface area (Å²) in [5.41, 5.74) is 0.715. The Morgan fingerprint density at radius 1 is 1.28 bits per heavy atom. The molecule has 0 spiro atoms. The van der Waals surface area contributed by atoms with Crippen molar-refractivity contribution in [2.45, 2.75) is 13.0 Å². The maximum Gasteiger partial charge on any atom is 0.126 e. The van der Waals surface area contributed by atoms with Crippen molar-refractivity contribution in [2.24, 2.45) is 5.92 Å². The third kappa shape index (κ3) is 4.19. The van der Waals surface area contributed by atoms with Gasteiger partial charge in [0.2, 0.25) is 0 Å². The Bertz CT molecular complexity index is 367. The van der Waals surface area contributed by atoms with Gasteiger partial charge in [0.05, 0.1) is 0 Å². The van der Waals surface area contributed by atoms with Gasteiger partial charge in [0.1, 0.15) is 11.6 Å². The lowest BCUT2D eigenvalue weighted by Crippen LogP contribution is -2.24. The average Bonchev–Trinajstić information content (AvgIpc) is 2.64. The van der Waals surface area contributed by atoms with Crippen molar-refractivity contribution in [1.82, 2.24) is 10.2 Å². The maximum absolute atomic E-state index is 13.0. The van der Waals surface area contributed by atoms with Gasteiger partial charge in [-0.15, -0.1) is 12.4 Å². The molecule has 0 amide bonds. The molecule has 18 heavy (non-hydrogen) atoms. The van der Waals surface area contributed by atoms with Crippen LogP contribution in [0.3, 0.4) is 0 Å². The largest absolute Gasteiger partial charge is 0.319 e. The number of nitrogens with one attached hydrogen (secondary N) is 1. The van der Waals surface area contributed by atoms with E-state index in [2.05, 4.69) is 10.2 Å². The standard InChI is InChI=1S/C13H18F2N2.ClH/c1-16-7-10-2-3-17(8-10)9-11-4-12(14)6-13(15)5-11;/h4-6,10,16H,2-3,7-9H2,1H3;1H. The Balaban J connectivity index is 0.00000162. The minimum Gasteiger partial charge on any atom is -0.319 e. The van der Waals surface area contributed by atoms with E-state index in [0.717, 1.165) is 32.1 Å². The highest BCUT2D eigenvalue weighted by Gasteiger charge is 2.21. The monoisotopic (exact) mass is 276 g/mol. The van der Waals surface area contributed by atoms with Gasteiger partial charge in [-0.25, -0.2) is 8.78 Å². The topological polar surface area (TPSA) is 15.3 Å². The lowest BCUT2D eigenvalue weighted by molar-refractivity contribution is 0.314. The summed E-state index contributed by atoms with van der Waals surface area (Å²) < 4.78 is 26.1. The number of halogens is 3. The maximum atomic E-state index is 13.0. The molecule has 0 bridgehead atoms. The van der Waals surface area contributed by atoms with Crippen LogP contribution in [0.4, 0.5) is 8.78 Å². The number of hydrogen-bond donors (Lipinski definition) is 1. The molecule has 2 nitrogen and oxygen atoms in total. The van der Waals surface area contributed by atoms with Crippen LogP contribution in [0.15, 0.2) is 18.2 Å². The van der Waals surface area contributed by atoms with Crippen molar-refractivity contribution in [1.29, 1.82) is 0 Å². The van der Waals surface area contributed by atoms with Crippen LogP contribution >= 0.6 is 12.4 Å². The molecule has 1 aliphatic rings. The van der Waals surface area contributed by atoms with Crippen LogP contribution in [-0.2, 0) is 6.54 Å². The smallest absolute Gasteiger partial charge is 0.126 e. The van der Waals surface area contributed by atoms with Crippen LogP contribution in [0.25, 0.3) is 0 Å². The summed E-state index contributed by atoms with van der Waals surface area (Å²) in [6, 6.07) is 3.74. The van der Waals surface area contributed by atoms with Crippen molar-refractivity contribution < 1.29 is 8.78 Å². The molecule has 1 aliphatic heterocycles. The normalized spacial score (nSPS) is 19.8. The molecule has 1 aromatic rings.